The summed E-state index contributed by atoms with van der Waals surface area (Å²) in [6.45, 7) is 4.51. The number of aryl methyl sites for hydroxylation is 2. The summed E-state index contributed by atoms with van der Waals surface area (Å²) in [6, 6.07) is 9.29. The van der Waals surface area contributed by atoms with Crippen LogP contribution in [-0.2, 0) is 11.3 Å². The summed E-state index contributed by atoms with van der Waals surface area (Å²) in [7, 11) is 0. The maximum absolute atomic E-state index is 12.7. The fourth-order valence-corrected chi connectivity index (χ4v) is 4.41. The molecule has 1 amide bonds. The molecule has 0 atom stereocenters. The van der Waals surface area contributed by atoms with Crippen LogP contribution < -0.4 is 5.32 Å². The van der Waals surface area contributed by atoms with E-state index in [0.29, 0.717) is 24.9 Å². The largest absolute Gasteiger partial charge is 0.480 e. The number of thioether (sulfide) groups is 1. The Kier molecular flexibility index (Phi) is 5.36. The quantitative estimate of drug-likeness (QED) is 0.842. The molecule has 0 aliphatic carbocycles. The summed E-state index contributed by atoms with van der Waals surface area (Å²) >= 11 is 1.72. The Morgan fingerprint density at radius 1 is 1.27 bits per heavy atom. The number of carboxylic acids is 1. The van der Waals surface area contributed by atoms with Gasteiger partial charge in [-0.05, 0) is 62.0 Å². The second-order valence-electron chi connectivity index (χ2n) is 6.74. The second-order valence-corrected chi connectivity index (χ2v) is 7.96. The summed E-state index contributed by atoms with van der Waals surface area (Å²) in [6.07, 6.45) is 0.897. The van der Waals surface area contributed by atoms with Gasteiger partial charge >= 0.3 is 5.97 Å². The third-order valence-electron chi connectivity index (χ3n) is 4.73. The number of amides is 1. The monoisotopic (exact) mass is 373 g/mol. The van der Waals surface area contributed by atoms with Gasteiger partial charge < -0.3 is 10.4 Å². The van der Waals surface area contributed by atoms with Crippen molar-refractivity contribution < 1.29 is 14.7 Å². The molecule has 26 heavy (non-hydrogen) atoms. The second kappa shape index (κ2) is 7.53. The molecule has 1 fully saturated rings. The lowest BCUT2D eigenvalue weighted by molar-refractivity contribution is -0.144. The number of nitrogens with zero attached hydrogens (tertiary/aromatic N) is 2. The zero-order valence-electron chi connectivity index (χ0n) is 15.0. The van der Waals surface area contributed by atoms with E-state index in [1.54, 1.807) is 23.9 Å². The average molecular weight is 373 g/mol. The van der Waals surface area contributed by atoms with E-state index in [1.807, 2.05) is 36.7 Å². The number of rotatable bonds is 5. The van der Waals surface area contributed by atoms with Crippen molar-refractivity contribution in [1.82, 2.24) is 15.1 Å². The number of hydrogen-bond acceptors (Lipinski definition) is 4. The van der Waals surface area contributed by atoms with Crippen LogP contribution >= 0.6 is 11.8 Å². The molecule has 138 valence electrons. The van der Waals surface area contributed by atoms with Gasteiger partial charge in [0.15, 0.2) is 0 Å². The van der Waals surface area contributed by atoms with Gasteiger partial charge in [-0.3, -0.25) is 9.48 Å². The molecule has 3 rings (SSSR count). The van der Waals surface area contributed by atoms with Gasteiger partial charge in [-0.25, -0.2) is 4.79 Å². The van der Waals surface area contributed by atoms with E-state index in [9.17, 15) is 14.7 Å². The molecule has 1 aromatic carbocycles. The maximum Gasteiger partial charge on any atom is 0.329 e. The van der Waals surface area contributed by atoms with Crippen LogP contribution in [0.1, 0.15) is 40.2 Å². The Morgan fingerprint density at radius 3 is 2.62 bits per heavy atom. The van der Waals surface area contributed by atoms with Crippen LogP contribution in [0.4, 0.5) is 0 Å². The number of carbonyl (C=O) groups excluding carboxylic acids is 1. The van der Waals surface area contributed by atoms with Crippen LogP contribution in [0.3, 0.4) is 0 Å². The van der Waals surface area contributed by atoms with E-state index in [0.717, 1.165) is 28.5 Å². The molecule has 0 saturated carbocycles. The SMILES string of the molecule is Cc1cc(C)n(Cc2cccc(C(=O)NC3(C(=O)O)CCSCC3)c2)n1. The molecule has 6 nitrogen and oxygen atoms in total. The molecular formula is C19H23N3O3S. The van der Waals surface area contributed by atoms with Gasteiger partial charge in [0.1, 0.15) is 5.54 Å². The summed E-state index contributed by atoms with van der Waals surface area (Å²) < 4.78 is 1.89. The van der Waals surface area contributed by atoms with Gasteiger partial charge in [0.2, 0.25) is 0 Å². The van der Waals surface area contributed by atoms with Crippen molar-refractivity contribution in [3.63, 3.8) is 0 Å². The first-order valence-corrected chi connectivity index (χ1v) is 9.79. The van der Waals surface area contributed by atoms with Crippen molar-refractivity contribution in [2.75, 3.05) is 11.5 Å². The highest BCUT2D eigenvalue weighted by molar-refractivity contribution is 7.99. The van der Waals surface area contributed by atoms with E-state index in [2.05, 4.69) is 10.4 Å². The van der Waals surface area contributed by atoms with Crippen molar-refractivity contribution >= 4 is 23.6 Å². The van der Waals surface area contributed by atoms with Crippen molar-refractivity contribution in [2.24, 2.45) is 0 Å². The van der Waals surface area contributed by atoms with Crippen LogP contribution in [0.2, 0.25) is 0 Å². The molecule has 7 heteroatoms. The van der Waals surface area contributed by atoms with Crippen LogP contribution in [0.25, 0.3) is 0 Å². The van der Waals surface area contributed by atoms with E-state index in [-0.39, 0.29) is 5.91 Å². The number of aliphatic carboxylic acids is 1. The standard InChI is InChI=1S/C19H23N3O3S/c1-13-10-14(2)22(21-13)12-15-4-3-5-16(11-15)17(23)20-19(18(24)25)6-8-26-9-7-19/h3-5,10-11H,6-9,12H2,1-2H3,(H,20,23)(H,24,25). The normalized spacial score (nSPS) is 16.2. The summed E-state index contributed by atoms with van der Waals surface area (Å²) in [5.74, 6) is 0.189. The lowest BCUT2D eigenvalue weighted by Gasteiger charge is -2.33. The topological polar surface area (TPSA) is 84.2 Å². The van der Waals surface area contributed by atoms with Gasteiger partial charge in [-0.1, -0.05) is 12.1 Å². The predicted octanol–water partition coefficient (Wildman–Crippen LogP) is 2.63. The summed E-state index contributed by atoms with van der Waals surface area (Å²) in [4.78, 5) is 24.5. The fourth-order valence-electron chi connectivity index (χ4n) is 3.22. The zero-order chi connectivity index (χ0) is 18.7. The van der Waals surface area contributed by atoms with Crippen molar-refractivity contribution in [3.8, 4) is 0 Å². The maximum atomic E-state index is 12.7. The minimum atomic E-state index is -1.16. The van der Waals surface area contributed by atoms with E-state index in [4.69, 9.17) is 0 Å². The highest BCUT2D eigenvalue weighted by atomic mass is 32.2. The molecule has 0 bridgehead atoms. The fraction of sp³-hybridized carbons (Fsp3) is 0.421. The Morgan fingerprint density at radius 2 is 2.00 bits per heavy atom. The van der Waals surface area contributed by atoms with E-state index >= 15 is 0 Å². The van der Waals surface area contributed by atoms with Crippen LogP contribution in [0.5, 0.6) is 0 Å². The molecule has 1 aliphatic rings. The van der Waals surface area contributed by atoms with Gasteiger partial charge in [0.05, 0.1) is 12.2 Å². The van der Waals surface area contributed by atoms with Crippen molar-refractivity contribution in [2.45, 2.75) is 38.8 Å². The Balaban J connectivity index is 1.77. The molecule has 1 aromatic heterocycles. The van der Waals surface area contributed by atoms with Gasteiger partial charge in [0, 0.05) is 11.3 Å². The first-order chi connectivity index (χ1) is 12.4. The molecular weight excluding hydrogens is 350 g/mol. The Bertz CT molecular complexity index is 825. The zero-order valence-corrected chi connectivity index (χ0v) is 15.8. The minimum absolute atomic E-state index is 0.338. The van der Waals surface area contributed by atoms with Gasteiger partial charge in [0.25, 0.3) is 5.91 Å². The lowest BCUT2D eigenvalue weighted by atomic mass is 9.91. The molecule has 1 saturated heterocycles. The average Bonchev–Trinajstić information content (AvgIpc) is 2.93. The van der Waals surface area contributed by atoms with Crippen molar-refractivity contribution in [3.05, 3.63) is 52.8 Å². The number of aromatic nitrogens is 2. The third kappa shape index (κ3) is 3.93. The molecule has 1 aliphatic heterocycles. The smallest absolute Gasteiger partial charge is 0.329 e. The van der Waals surface area contributed by atoms with Gasteiger partial charge in [-0.15, -0.1) is 0 Å². The van der Waals surface area contributed by atoms with E-state index in [1.165, 1.54) is 0 Å². The van der Waals surface area contributed by atoms with Crippen LogP contribution in [0, 0.1) is 13.8 Å². The van der Waals surface area contributed by atoms with E-state index < -0.39 is 11.5 Å². The lowest BCUT2D eigenvalue weighted by Crippen LogP contribution is -2.56. The summed E-state index contributed by atoms with van der Waals surface area (Å²) in [5.41, 5.74) is 2.28. The van der Waals surface area contributed by atoms with Crippen LogP contribution in [-0.4, -0.2) is 43.8 Å². The first-order valence-electron chi connectivity index (χ1n) is 8.63. The molecule has 0 radical (unpaired) electrons. The Hall–Kier alpha value is -2.28. The molecule has 2 heterocycles. The molecule has 0 unspecified atom stereocenters. The molecule has 2 aromatic rings. The Labute approximate surface area is 157 Å². The number of benzene rings is 1. The number of carboxylic acid groups (broad SMARTS) is 1. The highest BCUT2D eigenvalue weighted by Crippen LogP contribution is 2.28. The first kappa shape index (κ1) is 18.5. The van der Waals surface area contributed by atoms with Crippen LogP contribution in [0.15, 0.2) is 30.3 Å². The highest BCUT2D eigenvalue weighted by Gasteiger charge is 2.41. The third-order valence-corrected chi connectivity index (χ3v) is 5.72. The number of hydrogen-bond donors (Lipinski definition) is 2. The molecule has 0 spiro atoms. The number of nitrogens with one attached hydrogen (secondary N) is 1. The number of carbonyl (C=O) groups is 2. The van der Waals surface area contributed by atoms with Gasteiger partial charge in [-0.2, -0.15) is 16.9 Å². The minimum Gasteiger partial charge on any atom is -0.480 e. The van der Waals surface area contributed by atoms with Crippen molar-refractivity contribution in [1.29, 1.82) is 0 Å². The molecule has 2 N–H and O–H groups in total. The summed E-state index contributed by atoms with van der Waals surface area (Å²) in [5, 5.41) is 16.9. The predicted molar refractivity (Wildman–Crippen MR) is 102 cm³/mol.